The molecule has 170 valence electrons. The van der Waals surface area contributed by atoms with E-state index in [1.807, 2.05) is 5.40 Å². The van der Waals surface area contributed by atoms with Gasteiger partial charge in [-0.1, -0.05) is 0 Å². The maximum Gasteiger partial charge on any atom is 0.431 e. The molecule has 3 aromatic rings. The van der Waals surface area contributed by atoms with Crippen LogP contribution >= 0.6 is 23.3 Å². The second kappa shape index (κ2) is 9.86. The summed E-state index contributed by atoms with van der Waals surface area (Å²) >= 11 is 2.26. The Balaban J connectivity index is 2.01. The number of aromatic nitrogens is 3. The molecule has 3 rings (SSSR count). The third kappa shape index (κ3) is 4.88. The highest BCUT2D eigenvalue weighted by atomic mass is 32.2. The van der Waals surface area contributed by atoms with Crippen molar-refractivity contribution in [3.8, 4) is 11.1 Å². The molecule has 0 aliphatic carbocycles. The highest BCUT2D eigenvalue weighted by molar-refractivity contribution is 8.03. The van der Waals surface area contributed by atoms with E-state index in [1.165, 1.54) is 19.2 Å². The van der Waals surface area contributed by atoms with E-state index in [2.05, 4.69) is 4.37 Å². The fourth-order valence-corrected chi connectivity index (χ4v) is 4.14. The van der Waals surface area contributed by atoms with Crippen molar-refractivity contribution in [3.05, 3.63) is 56.5 Å². The molecule has 1 atom stereocenters. The summed E-state index contributed by atoms with van der Waals surface area (Å²) in [6.45, 7) is 0.310. The standard InChI is InChI=1S/C19H17F3N4O4S2/c1-25-14(19(20,21)22)9-15(27)26(18(25)28)11-4-5-13-12(8-11)16(24-32-13)17(29-2)30-6-3-7-31-10-23/h4-5,8-9,17H,3,6-7H2,1-2H3. The van der Waals surface area contributed by atoms with Gasteiger partial charge in [0.15, 0.2) is 0 Å². The number of rotatable bonds is 8. The molecule has 2 aromatic heterocycles. The molecule has 0 saturated heterocycles. The van der Waals surface area contributed by atoms with Gasteiger partial charge < -0.3 is 9.47 Å². The van der Waals surface area contributed by atoms with E-state index in [9.17, 15) is 22.8 Å². The smallest absolute Gasteiger partial charge is 0.350 e. The molecule has 13 heteroatoms. The lowest BCUT2D eigenvalue weighted by Crippen LogP contribution is -2.40. The van der Waals surface area contributed by atoms with Gasteiger partial charge in [-0.05, 0) is 47.9 Å². The van der Waals surface area contributed by atoms with Crippen LogP contribution in [0.5, 0.6) is 0 Å². The minimum absolute atomic E-state index is 0.0959. The van der Waals surface area contributed by atoms with Gasteiger partial charge in [-0.25, -0.2) is 9.36 Å². The van der Waals surface area contributed by atoms with Gasteiger partial charge in [0.25, 0.3) is 5.56 Å². The van der Waals surface area contributed by atoms with Crippen molar-refractivity contribution < 1.29 is 22.6 Å². The monoisotopic (exact) mass is 486 g/mol. The van der Waals surface area contributed by atoms with Crippen LogP contribution in [0.25, 0.3) is 15.8 Å². The summed E-state index contributed by atoms with van der Waals surface area (Å²) in [6.07, 6.45) is -5.06. The Bertz CT molecular complexity index is 1280. The van der Waals surface area contributed by atoms with Gasteiger partial charge in [0.2, 0.25) is 6.29 Å². The zero-order valence-corrected chi connectivity index (χ0v) is 18.5. The van der Waals surface area contributed by atoms with E-state index in [4.69, 9.17) is 14.7 Å². The summed E-state index contributed by atoms with van der Waals surface area (Å²) < 4.78 is 56.5. The molecular weight excluding hydrogens is 469 g/mol. The molecule has 1 unspecified atom stereocenters. The van der Waals surface area contributed by atoms with Crippen LogP contribution in [0.15, 0.2) is 33.9 Å². The molecule has 8 nitrogen and oxygen atoms in total. The van der Waals surface area contributed by atoms with Crippen molar-refractivity contribution in [2.24, 2.45) is 7.05 Å². The first-order valence-corrected chi connectivity index (χ1v) is 10.9. The Hall–Kier alpha value is -2.66. The normalized spacial score (nSPS) is 12.8. The topological polar surface area (TPSA) is 99.1 Å². The van der Waals surface area contributed by atoms with Gasteiger partial charge in [-0.15, -0.1) is 0 Å². The molecule has 0 saturated carbocycles. The van der Waals surface area contributed by atoms with E-state index in [1.54, 1.807) is 6.07 Å². The molecular formula is C19H17F3N4O4S2. The molecule has 0 aliphatic rings. The number of thiocyanates is 1. The number of thioether (sulfide) groups is 1. The number of benzene rings is 1. The van der Waals surface area contributed by atoms with Crippen molar-refractivity contribution in [2.75, 3.05) is 19.5 Å². The van der Waals surface area contributed by atoms with Crippen LogP contribution in [-0.2, 0) is 22.7 Å². The summed E-state index contributed by atoms with van der Waals surface area (Å²) in [5.74, 6) is 0.592. The van der Waals surface area contributed by atoms with Gasteiger partial charge in [-0.3, -0.25) is 9.36 Å². The average molecular weight is 486 g/mol. The van der Waals surface area contributed by atoms with Crippen LogP contribution in [0.1, 0.15) is 24.1 Å². The number of ether oxygens (including phenoxy) is 2. The SMILES string of the molecule is COC(OCCCSC#N)c1nsc2ccc(-n3c(=O)cc(C(F)(F)F)n(C)c3=O)cc12. The number of methoxy groups -OCH3 is 1. The maximum atomic E-state index is 13.1. The molecule has 2 heterocycles. The largest absolute Gasteiger partial charge is 0.431 e. The van der Waals surface area contributed by atoms with Crippen LogP contribution in [0.4, 0.5) is 13.2 Å². The van der Waals surface area contributed by atoms with Gasteiger partial charge in [0.05, 0.1) is 17.0 Å². The lowest BCUT2D eigenvalue weighted by molar-refractivity contribution is -0.144. The Labute approximate surface area is 188 Å². The fourth-order valence-electron chi connectivity index (χ4n) is 3.02. The first-order chi connectivity index (χ1) is 15.2. The highest BCUT2D eigenvalue weighted by Crippen LogP contribution is 2.31. The molecule has 0 bridgehead atoms. The molecule has 0 spiro atoms. The number of nitriles is 1. The van der Waals surface area contributed by atoms with E-state index < -0.39 is 29.4 Å². The second-order valence-electron chi connectivity index (χ2n) is 6.52. The Kier molecular flexibility index (Phi) is 7.40. The minimum Gasteiger partial charge on any atom is -0.350 e. The lowest BCUT2D eigenvalue weighted by atomic mass is 10.2. The van der Waals surface area contributed by atoms with E-state index in [-0.39, 0.29) is 5.69 Å². The van der Waals surface area contributed by atoms with Crippen LogP contribution in [0.2, 0.25) is 0 Å². The van der Waals surface area contributed by atoms with Crippen LogP contribution < -0.4 is 11.2 Å². The van der Waals surface area contributed by atoms with Gasteiger partial charge in [-0.2, -0.15) is 22.8 Å². The number of fused-ring (bicyclic) bond motifs is 1. The van der Waals surface area contributed by atoms with Crippen molar-refractivity contribution in [2.45, 2.75) is 18.9 Å². The zero-order valence-electron chi connectivity index (χ0n) is 16.9. The van der Waals surface area contributed by atoms with Crippen molar-refractivity contribution in [1.29, 1.82) is 5.26 Å². The van der Waals surface area contributed by atoms with Gasteiger partial charge >= 0.3 is 11.9 Å². The maximum absolute atomic E-state index is 13.1. The highest BCUT2D eigenvalue weighted by Gasteiger charge is 2.35. The molecule has 0 N–H and O–H groups in total. The first kappa shape index (κ1) is 24.0. The predicted octanol–water partition coefficient (Wildman–Crippen LogP) is 3.43. The van der Waals surface area contributed by atoms with Crippen molar-refractivity contribution in [1.82, 2.24) is 13.5 Å². The van der Waals surface area contributed by atoms with Crippen molar-refractivity contribution in [3.63, 3.8) is 0 Å². The van der Waals surface area contributed by atoms with Gasteiger partial charge in [0, 0.05) is 31.4 Å². The van der Waals surface area contributed by atoms with Crippen LogP contribution in [0.3, 0.4) is 0 Å². The quantitative estimate of drug-likeness (QED) is 0.273. The summed E-state index contributed by atoms with van der Waals surface area (Å²) in [7, 11) is 2.39. The number of nitrogens with zero attached hydrogens (tertiary/aromatic N) is 4. The Morgan fingerprint density at radius 1 is 1.31 bits per heavy atom. The van der Waals surface area contributed by atoms with E-state index in [0.29, 0.717) is 49.8 Å². The fraction of sp³-hybridized carbons (Fsp3) is 0.368. The molecule has 0 fully saturated rings. The van der Waals surface area contributed by atoms with Crippen LogP contribution in [0, 0.1) is 10.7 Å². The Morgan fingerprint density at radius 3 is 2.72 bits per heavy atom. The summed E-state index contributed by atoms with van der Waals surface area (Å²) in [4.78, 5) is 25.0. The first-order valence-electron chi connectivity index (χ1n) is 9.14. The summed E-state index contributed by atoms with van der Waals surface area (Å²) in [5, 5.41) is 11.1. The minimum atomic E-state index is -4.84. The van der Waals surface area contributed by atoms with Crippen molar-refractivity contribution >= 4 is 33.4 Å². The number of halogens is 3. The third-order valence-corrected chi connectivity index (χ3v) is 5.97. The molecule has 0 radical (unpaired) electrons. The number of hydrogen-bond acceptors (Lipinski definition) is 8. The molecule has 1 aromatic carbocycles. The predicted molar refractivity (Wildman–Crippen MR) is 114 cm³/mol. The average Bonchev–Trinajstić information content (AvgIpc) is 3.16. The molecule has 0 aliphatic heterocycles. The molecule has 32 heavy (non-hydrogen) atoms. The summed E-state index contributed by atoms with van der Waals surface area (Å²) in [6, 6.07) is 4.96. The van der Waals surface area contributed by atoms with Gasteiger partial charge in [0.1, 0.15) is 16.8 Å². The Morgan fingerprint density at radius 2 is 2.06 bits per heavy atom. The third-order valence-electron chi connectivity index (χ3n) is 4.51. The summed E-state index contributed by atoms with van der Waals surface area (Å²) in [5.41, 5.74) is -3.04. The number of alkyl halides is 3. The number of hydrogen-bond donors (Lipinski definition) is 0. The van der Waals surface area contributed by atoms with E-state index in [0.717, 1.165) is 30.3 Å². The zero-order chi connectivity index (χ0) is 23.5. The second-order valence-corrected chi connectivity index (χ2v) is 8.21. The van der Waals surface area contributed by atoms with Crippen LogP contribution in [-0.4, -0.2) is 33.0 Å². The van der Waals surface area contributed by atoms with E-state index >= 15 is 0 Å². The molecule has 0 amide bonds. The lowest BCUT2D eigenvalue weighted by Gasteiger charge is -2.15.